The normalized spacial score (nSPS) is 11.4. The first-order valence-corrected chi connectivity index (χ1v) is 8.35. The van der Waals surface area contributed by atoms with Crippen molar-refractivity contribution in [2.45, 2.75) is 26.9 Å². The average molecular weight is 390 g/mol. The second-order valence-electron chi connectivity index (χ2n) is 5.91. The monoisotopic (exact) mass is 390 g/mol. The van der Waals surface area contributed by atoms with Crippen molar-refractivity contribution in [2.24, 2.45) is 0 Å². The summed E-state index contributed by atoms with van der Waals surface area (Å²) in [5, 5.41) is 17.6. The smallest absolute Gasteiger partial charge is 0.340 e. The topological polar surface area (TPSA) is 110 Å². The molecule has 0 heterocycles. The minimum absolute atomic E-state index is 0.194. The molecule has 0 aromatic heterocycles. The Morgan fingerprint density at radius 2 is 1.50 bits per heavy atom. The molecule has 7 nitrogen and oxygen atoms in total. The maximum Gasteiger partial charge on any atom is 0.340 e. The molecule has 0 aliphatic carbocycles. The van der Waals surface area contributed by atoms with Crippen molar-refractivity contribution in [3.63, 3.8) is 0 Å². The Balaban J connectivity index is 0.000000576. The molecule has 152 valence electrons. The van der Waals surface area contributed by atoms with Gasteiger partial charge in [-0.2, -0.15) is 0 Å². The summed E-state index contributed by atoms with van der Waals surface area (Å²) >= 11 is 0. The standard InChI is InChI=1S/C13H16O4.C8H10O3/c1-10(7-11-5-3-2-4-6-11)13(16)17-9-12(15)8-14;1-5(2)7(9)11-8(10)6(3)4/h2-7,12,14-15H,8-9H2,1H3;1,3H2,2,4H3. The van der Waals surface area contributed by atoms with E-state index in [1.54, 1.807) is 13.0 Å². The summed E-state index contributed by atoms with van der Waals surface area (Å²) in [4.78, 5) is 32.8. The van der Waals surface area contributed by atoms with E-state index >= 15 is 0 Å². The molecule has 1 aromatic rings. The van der Waals surface area contributed by atoms with Crippen LogP contribution in [0.1, 0.15) is 26.3 Å². The van der Waals surface area contributed by atoms with Crippen LogP contribution in [-0.4, -0.2) is 47.4 Å². The first kappa shape index (κ1) is 25.0. The van der Waals surface area contributed by atoms with E-state index in [2.05, 4.69) is 17.9 Å². The van der Waals surface area contributed by atoms with Gasteiger partial charge in [-0.15, -0.1) is 0 Å². The van der Waals surface area contributed by atoms with Gasteiger partial charge in [0.2, 0.25) is 0 Å². The highest BCUT2D eigenvalue weighted by atomic mass is 16.6. The molecule has 0 fully saturated rings. The second-order valence-corrected chi connectivity index (χ2v) is 5.91. The van der Waals surface area contributed by atoms with Crippen molar-refractivity contribution >= 4 is 24.0 Å². The molecule has 0 spiro atoms. The van der Waals surface area contributed by atoms with Crippen LogP contribution in [0.5, 0.6) is 0 Å². The Morgan fingerprint density at radius 3 is 1.93 bits per heavy atom. The number of carbonyl (C=O) groups excluding carboxylic acids is 3. The van der Waals surface area contributed by atoms with Gasteiger partial charge in [0, 0.05) is 16.7 Å². The van der Waals surface area contributed by atoms with E-state index in [0.717, 1.165) is 5.56 Å². The molecule has 1 unspecified atom stereocenters. The van der Waals surface area contributed by atoms with Crippen LogP contribution >= 0.6 is 0 Å². The molecule has 0 aliphatic heterocycles. The molecular weight excluding hydrogens is 364 g/mol. The van der Waals surface area contributed by atoms with Crippen LogP contribution in [0.15, 0.2) is 60.2 Å². The fourth-order valence-electron chi connectivity index (χ4n) is 1.46. The molecule has 0 saturated heterocycles. The molecule has 0 saturated carbocycles. The molecule has 0 bridgehead atoms. The highest BCUT2D eigenvalue weighted by Crippen LogP contribution is 2.07. The minimum atomic E-state index is -1.02. The van der Waals surface area contributed by atoms with Crippen LogP contribution in [0.25, 0.3) is 6.08 Å². The lowest BCUT2D eigenvalue weighted by molar-refractivity contribution is -0.154. The van der Waals surface area contributed by atoms with E-state index in [-0.39, 0.29) is 17.8 Å². The van der Waals surface area contributed by atoms with Gasteiger partial charge in [0.25, 0.3) is 0 Å². The number of aliphatic hydroxyl groups excluding tert-OH is 2. The lowest BCUT2D eigenvalue weighted by atomic mass is 10.1. The number of carbonyl (C=O) groups is 3. The summed E-state index contributed by atoms with van der Waals surface area (Å²) < 4.78 is 9.11. The van der Waals surface area contributed by atoms with E-state index in [1.807, 2.05) is 30.3 Å². The van der Waals surface area contributed by atoms with Crippen LogP contribution in [0.3, 0.4) is 0 Å². The van der Waals surface area contributed by atoms with E-state index in [0.29, 0.717) is 5.57 Å². The van der Waals surface area contributed by atoms with Crippen LogP contribution in [-0.2, 0) is 23.9 Å². The molecule has 0 radical (unpaired) electrons. The van der Waals surface area contributed by atoms with Crippen molar-refractivity contribution in [1.29, 1.82) is 0 Å². The quantitative estimate of drug-likeness (QED) is 0.417. The first-order chi connectivity index (χ1) is 13.1. The lowest BCUT2D eigenvalue weighted by Crippen LogP contribution is -2.22. The Bertz CT molecular complexity index is 708. The number of esters is 3. The van der Waals surface area contributed by atoms with E-state index in [9.17, 15) is 14.4 Å². The highest BCUT2D eigenvalue weighted by Gasteiger charge is 2.10. The Labute approximate surface area is 164 Å². The van der Waals surface area contributed by atoms with Gasteiger partial charge >= 0.3 is 17.9 Å². The molecule has 28 heavy (non-hydrogen) atoms. The molecule has 1 atom stereocenters. The number of ether oxygens (including phenoxy) is 2. The third-order valence-corrected chi connectivity index (χ3v) is 3.00. The Kier molecular flexibility index (Phi) is 11.8. The lowest BCUT2D eigenvalue weighted by Gasteiger charge is -2.08. The van der Waals surface area contributed by atoms with Gasteiger partial charge in [-0.1, -0.05) is 43.5 Å². The van der Waals surface area contributed by atoms with Gasteiger partial charge in [0.15, 0.2) is 0 Å². The molecule has 0 aliphatic rings. The zero-order valence-electron chi connectivity index (χ0n) is 16.3. The van der Waals surface area contributed by atoms with E-state index in [4.69, 9.17) is 14.9 Å². The number of aliphatic hydroxyl groups is 2. The summed E-state index contributed by atoms with van der Waals surface area (Å²) in [7, 11) is 0. The summed E-state index contributed by atoms with van der Waals surface area (Å²) in [6.07, 6.45) is 0.677. The van der Waals surface area contributed by atoms with Crippen LogP contribution < -0.4 is 0 Å². The van der Waals surface area contributed by atoms with E-state index < -0.39 is 30.6 Å². The largest absolute Gasteiger partial charge is 0.459 e. The van der Waals surface area contributed by atoms with Crippen molar-refractivity contribution in [3.05, 3.63) is 65.8 Å². The molecule has 0 amide bonds. The maximum atomic E-state index is 11.5. The van der Waals surface area contributed by atoms with Crippen molar-refractivity contribution in [2.75, 3.05) is 13.2 Å². The molecule has 1 aromatic carbocycles. The number of rotatable bonds is 7. The van der Waals surface area contributed by atoms with Crippen molar-refractivity contribution in [1.82, 2.24) is 0 Å². The zero-order chi connectivity index (χ0) is 21.7. The molecule has 2 N–H and O–H groups in total. The van der Waals surface area contributed by atoms with Gasteiger partial charge in [-0.25, -0.2) is 14.4 Å². The van der Waals surface area contributed by atoms with Gasteiger partial charge < -0.3 is 19.7 Å². The second kappa shape index (κ2) is 13.2. The average Bonchev–Trinajstić information content (AvgIpc) is 2.66. The van der Waals surface area contributed by atoms with E-state index in [1.165, 1.54) is 13.8 Å². The highest BCUT2D eigenvalue weighted by molar-refractivity contribution is 6.00. The molecule has 1 rings (SSSR count). The molecule has 7 heteroatoms. The summed E-state index contributed by atoms with van der Waals surface area (Å²) in [6, 6.07) is 9.39. The molecular formula is C21H26O7. The van der Waals surface area contributed by atoms with Crippen molar-refractivity contribution in [3.8, 4) is 0 Å². The maximum absolute atomic E-state index is 11.5. The number of hydrogen-bond acceptors (Lipinski definition) is 7. The van der Waals surface area contributed by atoms with Gasteiger partial charge in [-0.05, 0) is 32.4 Å². The van der Waals surface area contributed by atoms with Crippen molar-refractivity contribution < 1.29 is 34.1 Å². The van der Waals surface area contributed by atoms with Gasteiger partial charge in [-0.3, -0.25) is 0 Å². The van der Waals surface area contributed by atoms with Crippen LogP contribution in [0.2, 0.25) is 0 Å². The fraction of sp³-hybridized carbons (Fsp3) is 0.286. The Hall–Kier alpha value is -3.03. The fourth-order valence-corrected chi connectivity index (χ4v) is 1.46. The minimum Gasteiger partial charge on any atom is -0.459 e. The van der Waals surface area contributed by atoms with Gasteiger partial charge in [0.1, 0.15) is 12.7 Å². The summed E-state index contributed by atoms with van der Waals surface area (Å²) in [5.74, 6) is -1.92. The SMILES string of the molecule is C=C(C)C(=O)OC(=O)C(=C)C.CC(=Cc1ccccc1)C(=O)OCC(O)CO. The third-order valence-electron chi connectivity index (χ3n) is 3.00. The summed E-state index contributed by atoms with van der Waals surface area (Å²) in [5.41, 5.74) is 1.74. The first-order valence-electron chi connectivity index (χ1n) is 8.35. The predicted molar refractivity (Wildman–Crippen MR) is 105 cm³/mol. The Morgan fingerprint density at radius 1 is 1.00 bits per heavy atom. The van der Waals surface area contributed by atoms with Gasteiger partial charge in [0.05, 0.1) is 6.61 Å². The zero-order valence-corrected chi connectivity index (χ0v) is 16.3. The third kappa shape index (κ3) is 10.8. The van der Waals surface area contributed by atoms with Crippen LogP contribution in [0, 0.1) is 0 Å². The predicted octanol–water partition coefficient (Wildman–Crippen LogP) is 2.19. The van der Waals surface area contributed by atoms with Crippen LogP contribution in [0.4, 0.5) is 0 Å². The summed E-state index contributed by atoms with van der Waals surface area (Å²) in [6.45, 7) is 10.6. The number of benzene rings is 1. The number of hydrogen-bond donors (Lipinski definition) is 2.